The number of nitrogens with zero attached hydrogens (tertiary/aromatic N) is 1. The second kappa shape index (κ2) is 5.34. The average Bonchev–Trinajstić information content (AvgIpc) is 2.39. The van der Waals surface area contributed by atoms with Crippen LogP contribution in [0.1, 0.15) is 16.1 Å². The van der Waals surface area contributed by atoms with Crippen LogP contribution in [0.25, 0.3) is 0 Å². The van der Waals surface area contributed by atoms with E-state index in [1.807, 2.05) is 0 Å². The number of carbonyl (C=O) groups excluding carboxylic acids is 1. The number of pyridine rings is 1. The van der Waals surface area contributed by atoms with E-state index in [1.54, 1.807) is 6.07 Å². The summed E-state index contributed by atoms with van der Waals surface area (Å²) in [5.74, 6) is -1.04. The lowest BCUT2D eigenvalue weighted by atomic mass is 10.2. The standard InChI is InChI=1S/C13H12FN3O2/c14-11-4-1-8(13(15)19)5-12(11)17-6-9-2-3-10(18)7-16-9/h1-5,7,17-18H,6H2,(H2,15,19). The first-order valence-corrected chi connectivity index (χ1v) is 5.53. The third-order valence-corrected chi connectivity index (χ3v) is 2.52. The van der Waals surface area contributed by atoms with Crippen molar-refractivity contribution in [3.05, 3.63) is 53.6 Å². The number of amides is 1. The number of nitrogens with one attached hydrogen (secondary N) is 1. The summed E-state index contributed by atoms with van der Waals surface area (Å²) in [6.45, 7) is 0.263. The fraction of sp³-hybridized carbons (Fsp3) is 0.0769. The molecule has 6 heteroatoms. The van der Waals surface area contributed by atoms with Crippen LogP contribution in [0.4, 0.5) is 10.1 Å². The van der Waals surface area contributed by atoms with Crippen LogP contribution in [-0.2, 0) is 6.54 Å². The number of aromatic nitrogens is 1. The van der Waals surface area contributed by atoms with Crippen molar-refractivity contribution in [3.8, 4) is 5.75 Å². The van der Waals surface area contributed by atoms with E-state index in [4.69, 9.17) is 10.8 Å². The zero-order valence-corrected chi connectivity index (χ0v) is 9.93. The van der Waals surface area contributed by atoms with Crippen molar-refractivity contribution in [2.45, 2.75) is 6.54 Å². The highest BCUT2D eigenvalue weighted by Gasteiger charge is 2.07. The van der Waals surface area contributed by atoms with Gasteiger partial charge in [0, 0.05) is 5.56 Å². The minimum Gasteiger partial charge on any atom is -0.506 e. The summed E-state index contributed by atoms with van der Waals surface area (Å²) in [6, 6.07) is 6.94. The SMILES string of the molecule is NC(=O)c1ccc(F)c(NCc2ccc(O)cn2)c1. The summed E-state index contributed by atoms with van der Waals surface area (Å²) in [5.41, 5.74) is 6.15. The first-order valence-electron chi connectivity index (χ1n) is 5.53. The van der Waals surface area contributed by atoms with E-state index in [2.05, 4.69) is 10.3 Å². The Morgan fingerprint density at radius 1 is 1.37 bits per heavy atom. The molecular formula is C13H12FN3O2. The largest absolute Gasteiger partial charge is 0.506 e. The fourth-order valence-corrected chi connectivity index (χ4v) is 1.52. The Labute approximate surface area is 108 Å². The molecule has 19 heavy (non-hydrogen) atoms. The third-order valence-electron chi connectivity index (χ3n) is 2.52. The Morgan fingerprint density at radius 2 is 2.16 bits per heavy atom. The topological polar surface area (TPSA) is 88.2 Å². The van der Waals surface area contributed by atoms with E-state index < -0.39 is 11.7 Å². The summed E-state index contributed by atoms with van der Waals surface area (Å²) < 4.78 is 13.5. The number of benzene rings is 1. The van der Waals surface area contributed by atoms with Gasteiger partial charge in [-0.1, -0.05) is 0 Å². The van der Waals surface area contributed by atoms with Crippen molar-refractivity contribution in [2.75, 3.05) is 5.32 Å². The third kappa shape index (κ3) is 3.19. The van der Waals surface area contributed by atoms with Gasteiger partial charge in [0.05, 0.1) is 24.1 Å². The predicted octanol–water partition coefficient (Wildman–Crippen LogP) is 1.64. The van der Waals surface area contributed by atoms with E-state index in [0.29, 0.717) is 5.69 Å². The Balaban J connectivity index is 2.12. The minimum atomic E-state index is -0.620. The summed E-state index contributed by atoms with van der Waals surface area (Å²) in [7, 11) is 0. The Hall–Kier alpha value is -2.63. The molecule has 1 aromatic carbocycles. The van der Waals surface area contributed by atoms with Gasteiger partial charge < -0.3 is 16.2 Å². The van der Waals surface area contributed by atoms with Gasteiger partial charge >= 0.3 is 0 Å². The molecule has 1 aromatic heterocycles. The quantitative estimate of drug-likeness (QED) is 0.780. The van der Waals surface area contributed by atoms with Crippen molar-refractivity contribution in [1.82, 2.24) is 4.98 Å². The minimum absolute atomic E-state index is 0.0608. The molecule has 1 heterocycles. The number of carbonyl (C=O) groups is 1. The molecule has 0 radical (unpaired) electrons. The van der Waals surface area contributed by atoms with Gasteiger partial charge in [-0.05, 0) is 30.3 Å². The first kappa shape index (κ1) is 12.8. The zero-order chi connectivity index (χ0) is 13.8. The molecule has 1 amide bonds. The van der Waals surface area contributed by atoms with Gasteiger partial charge in [0.15, 0.2) is 0 Å². The number of anilines is 1. The van der Waals surface area contributed by atoms with Crippen LogP contribution in [0.2, 0.25) is 0 Å². The number of aromatic hydroxyl groups is 1. The lowest BCUT2D eigenvalue weighted by Gasteiger charge is -2.08. The van der Waals surface area contributed by atoms with Crippen LogP contribution in [0.15, 0.2) is 36.5 Å². The maximum absolute atomic E-state index is 13.5. The maximum Gasteiger partial charge on any atom is 0.248 e. The summed E-state index contributed by atoms with van der Waals surface area (Å²) in [6.07, 6.45) is 1.30. The van der Waals surface area contributed by atoms with E-state index in [1.165, 1.54) is 30.5 Å². The highest BCUT2D eigenvalue weighted by molar-refractivity contribution is 5.93. The molecule has 0 unspecified atom stereocenters. The van der Waals surface area contributed by atoms with Crippen molar-refractivity contribution >= 4 is 11.6 Å². The Kier molecular flexibility index (Phi) is 3.61. The molecule has 0 bridgehead atoms. The molecule has 2 aromatic rings. The van der Waals surface area contributed by atoms with Crippen molar-refractivity contribution in [1.29, 1.82) is 0 Å². The van der Waals surface area contributed by atoms with Crippen molar-refractivity contribution in [2.24, 2.45) is 5.73 Å². The van der Waals surface area contributed by atoms with E-state index >= 15 is 0 Å². The number of rotatable bonds is 4. The van der Waals surface area contributed by atoms with Gasteiger partial charge in [0.1, 0.15) is 11.6 Å². The van der Waals surface area contributed by atoms with Gasteiger partial charge in [0.2, 0.25) is 5.91 Å². The van der Waals surface area contributed by atoms with E-state index in [9.17, 15) is 9.18 Å². The Morgan fingerprint density at radius 3 is 2.79 bits per heavy atom. The molecule has 0 saturated carbocycles. The average molecular weight is 261 g/mol. The molecule has 0 saturated heterocycles. The van der Waals surface area contributed by atoms with Crippen LogP contribution >= 0.6 is 0 Å². The van der Waals surface area contributed by atoms with Gasteiger partial charge in [-0.15, -0.1) is 0 Å². The summed E-state index contributed by atoms with van der Waals surface area (Å²) >= 11 is 0. The van der Waals surface area contributed by atoms with E-state index in [-0.39, 0.29) is 23.5 Å². The van der Waals surface area contributed by atoms with Crippen LogP contribution in [0, 0.1) is 5.82 Å². The predicted molar refractivity (Wildman–Crippen MR) is 68.1 cm³/mol. The second-order valence-corrected chi connectivity index (χ2v) is 3.92. The van der Waals surface area contributed by atoms with Crippen molar-refractivity contribution < 1.29 is 14.3 Å². The molecule has 0 spiro atoms. The molecular weight excluding hydrogens is 249 g/mol. The van der Waals surface area contributed by atoms with Crippen LogP contribution < -0.4 is 11.1 Å². The number of nitrogens with two attached hydrogens (primary N) is 1. The molecule has 2 rings (SSSR count). The Bertz CT molecular complexity index is 599. The summed E-state index contributed by atoms with van der Waals surface area (Å²) in [4.78, 5) is 15.0. The van der Waals surface area contributed by atoms with Crippen LogP contribution in [0.5, 0.6) is 5.75 Å². The van der Waals surface area contributed by atoms with Crippen LogP contribution in [0.3, 0.4) is 0 Å². The molecule has 0 fully saturated rings. The molecule has 98 valence electrons. The van der Waals surface area contributed by atoms with Gasteiger partial charge in [-0.25, -0.2) is 4.39 Å². The monoisotopic (exact) mass is 261 g/mol. The van der Waals surface area contributed by atoms with Crippen LogP contribution in [-0.4, -0.2) is 16.0 Å². The smallest absolute Gasteiger partial charge is 0.248 e. The molecule has 0 aliphatic carbocycles. The lowest BCUT2D eigenvalue weighted by molar-refractivity contribution is 0.100. The van der Waals surface area contributed by atoms with Crippen molar-refractivity contribution in [3.63, 3.8) is 0 Å². The molecule has 0 atom stereocenters. The molecule has 0 aliphatic heterocycles. The molecule has 4 N–H and O–H groups in total. The van der Waals surface area contributed by atoms with Gasteiger partial charge in [-0.3, -0.25) is 9.78 Å². The maximum atomic E-state index is 13.5. The van der Waals surface area contributed by atoms with Gasteiger partial charge in [0.25, 0.3) is 0 Å². The molecule has 5 nitrogen and oxygen atoms in total. The number of halogens is 1. The number of hydrogen-bond acceptors (Lipinski definition) is 4. The van der Waals surface area contributed by atoms with E-state index in [0.717, 1.165) is 0 Å². The zero-order valence-electron chi connectivity index (χ0n) is 9.93. The highest BCUT2D eigenvalue weighted by atomic mass is 19.1. The summed E-state index contributed by atoms with van der Waals surface area (Å²) in [5, 5.41) is 11.9. The normalized spacial score (nSPS) is 10.2. The molecule has 0 aliphatic rings. The second-order valence-electron chi connectivity index (χ2n) is 3.92. The lowest BCUT2D eigenvalue weighted by Crippen LogP contribution is -2.12. The first-order chi connectivity index (χ1) is 9.06. The number of hydrogen-bond donors (Lipinski definition) is 3. The highest BCUT2D eigenvalue weighted by Crippen LogP contribution is 2.17. The number of primary amides is 1. The fourth-order valence-electron chi connectivity index (χ4n) is 1.52. The van der Waals surface area contributed by atoms with Gasteiger partial charge in [-0.2, -0.15) is 0 Å².